The van der Waals surface area contributed by atoms with E-state index < -0.39 is 0 Å². The molecule has 0 aliphatic heterocycles. The van der Waals surface area contributed by atoms with Gasteiger partial charge >= 0.3 is 0 Å². The van der Waals surface area contributed by atoms with Crippen molar-refractivity contribution in [1.82, 2.24) is 0 Å². The Bertz CT molecular complexity index is 1900. The average Bonchev–Trinajstić information content (AvgIpc) is 3.33. The third-order valence-corrected chi connectivity index (χ3v) is 7.16. The van der Waals surface area contributed by atoms with E-state index in [0.717, 1.165) is 39.0 Å². The summed E-state index contributed by atoms with van der Waals surface area (Å²) >= 11 is 6.85. The lowest BCUT2D eigenvalue weighted by molar-refractivity contribution is 0.669. The zero-order chi connectivity index (χ0) is 24.8. The summed E-state index contributed by atoms with van der Waals surface area (Å²) in [5, 5.41) is 5.04. The molecule has 2 nitrogen and oxygen atoms in total. The summed E-state index contributed by atoms with van der Waals surface area (Å²) in [5.74, 6) is 0. The predicted octanol–water partition coefficient (Wildman–Crippen LogP) is 10.5. The Hall–Kier alpha value is -4.53. The molecule has 0 spiro atoms. The first-order valence-corrected chi connectivity index (χ1v) is 12.7. The number of fused-ring (bicyclic) bond motifs is 4. The van der Waals surface area contributed by atoms with Crippen LogP contribution in [0.1, 0.15) is 0 Å². The van der Waals surface area contributed by atoms with E-state index in [1.165, 1.54) is 16.3 Å². The molecule has 7 aromatic rings. The van der Waals surface area contributed by atoms with Crippen molar-refractivity contribution < 1.29 is 4.42 Å². The van der Waals surface area contributed by atoms with Crippen molar-refractivity contribution in [1.29, 1.82) is 0 Å². The first-order valence-electron chi connectivity index (χ1n) is 12.3. The Morgan fingerprint density at radius 1 is 0.486 bits per heavy atom. The Morgan fingerprint density at radius 3 is 2.11 bits per heavy atom. The smallest absolute Gasteiger partial charge is 0.154 e. The first-order chi connectivity index (χ1) is 18.2. The second kappa shape index (κ2) is 8.85. The van der Waals surface area contributed by atoms with Gasteiger partial charge in [0, 0.05) is 27.8 Å². The van der Waals surface area contributed by atoms with Gasteiger partial charge in [0.15, 0.2) is 5.58 Å². The van der Waals surface area contributed by atoms with Gasteiger partial charge in [0.2, 0.25) is 0 Å². The highest BCUT2D eigenvalue weighted by Gasteiger charge is 2.18. The Balaban J connectivity index is 1.48. The van der Waals surface area contributed by atoms with Crippen LogP contribution in [0.2, 0.25) is 5.02 Å². The van der Waals surface area contributed by atoms with E-state index in [-0.39, 0.29) is 0 Å². The minimum Gasteiger partial charge on any atom is -0.454 e. The zero-order valence-corrected chi connectivity index (χ0v) is 20.7. The monoisotopic (exact) mass is 495 g/mol. The molecule has 0 aliphatic rings. The van der Waals surface area contributed by atoms with E-state index >= 15 is 0 Å². The molecule has 0 amide bonds. The summed E-state index contributed by atoms with van der Waals surface area (Å²) in [6, 6.07) is 46.4. The molecule has 0 bridgehead atoms. The quantitative estimate of drug-likeness (QED) is 0.241. The largest absolute Gasteiger partial charge is 0.454 e. The number of hydrogen-bond acceptors (Lipinski definition) is 2. The second-order valence-electron chi connectivity index (χ2n) is 9.19. The van der Waals surface area contributed by atoms with Crippen LogP contribution in [0.3, 0.4) is 0 Å². The van der Waals surface area contributed by atoms with Gasteiger partial charge in [0.1, 0.15) is 5.58 Å². The van der Waals surface area contributed by atoms with Crippen LogP contribution in [0.25, 0.3) is 43.8 Å². The van der Waals surface area contributed by atoms with Gasteiger partial charge in [-0.1, -0.05) is 103 Å². The SMILES string of the molecule is Clc1cc(N(c2cccc(-c3ccccc3)c2)c2ccc3ccccc3c2)cc2c1oc1ccccc12. The van der Waals surface area contributed by atoms with Crippen molar-refractivity contribution in [2.45, 2.75) is 0 Å². The maximum Gasteiger partial charge on any atom is 0.154 e. The number of para-hydroxylation sites is 1. The summed E-state index contributed by atoms with van der Waals surface area (Å²) in [6.07, 6.45) is 0. The van der Waals surface area contributed by atoms with Crippen LogP contribution in [0.5, 0.6) is 0 Å². The Labute approximate surface area is 220 Å². The molecule has 37 heavy (non-hydrogen) atoms. The topological polar surface area (TPSA) is 16.4 Å². The highest BCUT2D eigenvalue weighted by Crippen LogP contribution is 2.43. The van der Waals surface area contributed by atoms with Gasteiger partial charge in [-0.15, -0.1) is 0 Å². The molecule has 0 atom stereocenters. The summed E-state index contributed by atoms with van der Waals surface area (Å²) in [6.45, 7) is 0. The molecule has 0 saturated heterocycles. The van der Waals surface area contributed by atoms with E-state index in [2.05, 4.69) is 108 Å². The highest BCUT2D eigenvalue weighted by atomic mass is 35.5. The fourth-order valence-electron chi connectivity index (χ4n) is 5.12. The van der Waals surface area contributed by atoms with E-state index in [1.54, 1.807) is 0 Å². The molecule has 0 N–H and O–H groups in total. The summed E-state index contributed by atoms with van der Waals surface area (Å²) in [7, 11) is 0. The molecule has 176 valence electrons. The van der Waals surface area contributed by atoms with Crippen LogP contribution in [-0.2, 0) is 0 Å². The van der Waals surface area contributed by atoms with E-state index in [4.69, 9.17) is 16.0 Å². The third-order valence-electron chi connectivity index (χ3n) is 6.88. The molecule has 3 heteroatoms. The minimum atomic E-state index is 0.591. The molecular formula is C34H22ClNO. The predicted molar refractivity (Wildman–Crippen MR) is 156 cm³/mol. The number of halogens is 1. The van der Waals surface area contributed by atoms with Crippen LogP contribution in [0.4, 0.5) is 17.1 Å². The number of rotatable bonds is 4. The lowest BCUT2D eigenvalue weighted by atomic mass is 10.0. The summed E-state index contributed by atoms with van der Waals surface area (Å²) < 4.78 is 6.11. The maximum absolute atomic E-state index is 6.85. The molecular weight excluding hydrogens is 474 g/mol. The lowest BCUT2D eigenvalue weighted by Gasteiger charge is -2.26. The van der Waals surface area contributed by atoms with Crippen LogP contribution < -0.4 is 4.90 Å². The highest BCUT2D eigenvalue weighted by molar-refractivity contribution is 6.36. The molecule has 1 aromatic heterocycles. The molecule has 0 radical (unpaired) electrons. The number of furan rings is 1. The van der Waals surface area contributed by atoms with Crippen molar-refractivity contribution in [2.24, 2.45) is 0 Å². The number of hydrogen-bond donors (Lipinski definition) is 0. The standard InChI is InChI=1S/C34H22ClNO/c35-32-22-29(21-31-30-15-6-7-16-33(30)37-34(31)32)36(28-18-17-24-11-4-5-12-25(24)20-28)27-14-8-13-26(19-27)23-9-2-1-3-10-23/h1-22H. The maximum atomic E-state index is 6.85. The molecule has 0 fully saturated rings. The van der Waals surface area contributed by atoms with Gasteiger partial charge in [-0.3, -0.25) is 0 Å². The molecule has 1 heterocycles. The van der Waals surface area contributed by atoms with Gasteiger partial charge in [0.05, 0.1) is 5.02 Å². The van der Waals surface area contributed by atoms with E-state index in [9.17, 15) is 0 Å². The fourth-order valence-corrected chi connectivity index (χ4v) is 5.37. The third kappa shape index (κ3) is 3.83. The van der Waals surface area contributed by atoms with Crippen molar-refractivity contribution in [3.63, 3.8) is 0 Å². The van der Waals surface area contributed by atoms with Crippen LogP contribution >= 0.6 is 11.6 Å². The van der Waals surface area contributed by atoms with E-state index in [0.29, 0.717) is 10.6 Å². The van der Waals surface area contributed by atoms with E-state index in [1.807, 2.05) is 30.3 Å². The van der Waals surface area contributed by atoms with Gasteiger partial charge < -0.3 is 9.32 Å². The molecule has 7 rings (SSSR count). The van der Waals surface area contributed by atoms with Crippen molar-refractivity contribution >= 4 is 61.4 Å². The number of nitrogens with zero attached hydrogens (tertiary/aromatic N) is 1. The molecule has 0 aliphatic carbocycles. The minimum absolute atomic E-state index is 0.591. The first kappa shape index (κ1) is 21.7. The van der Waals surface area contributed by atoms with Gasteiger partial charge in [-0.25, -0.2) is 0 Å². The van der Waals surface area contributed by atoms with Gasteiger partial charge in [-0.05, 0) is 64.4 Å². The summed E-state index contributed by atoms with van der Waals surface area (Å²) in [5.41, 5.74) is 6.97. The van der Waals surface area contributed by atoms with Crippen LogP contribution in [0, 0.1) is 0 Å². The van der Waals surface area contributed by atoms with Crippen molar-refractivity contribution in [3.05, 3.63) is 138 Å². The molecule has 0 unspecified atom stereocenters. The van der Waals surface area contributed by atoms with Gasteiger partial charge in [0.25, 0.3) is 0 Å². The molecule has 6 aromatic carbocycles. The molecule has 0 saturated carbocycles. The van der Waals surface area contributed by atoms with Crippen LogP contribution in [0.15, 0.2) is 138 Å². The van der Waals surface area contributed by atoms with Crippen molar-refractivity contribution in [3.8, 4) is 11.1 Å². The lowest BCUT2D eigenvalue weighted by Crippen LogP contribution is -2.10. The average molecular weight is 496 g/mol. The Morgan fingerprint density at radius 2 is 1.22 bits per heavy atom. The zero-order valence-electron chi connectivity index (χ0n) is 19.9. The summed E-state index contributed by atoms with van der Waals surface area (Å²) in [4.78, 5) is 2.27. The normalized spacial score (nSPS) is 11.4. The second-order valence-corrected chi connectivity index (χ2v) is 9.59. The Kier molecular flexibility index (Phi) is 5.20. The van der Waals surface area contributed by atoms with Gasteiger partial charge in [-0.2, -0.15) is 0 Å². The van der Waals surface area contributed by atoms with Crippen molar-refractivity contribution in [2.75, 3.05) is 4.90 Å². The number of anilines is 3. The number of benzene rings is 6. The van der Waals surface area contributed by atoms with Crippen LogP contribution in [-0.4, -0.2) is 0 Å². The fraction of sp³-hybridized carbons (Fsp3) is 0.